The highest BCUT2D eigenvalue weighted by Crippen LogP contribution is 2.53. The monoisotopic (exact) mass is 240 g/mol. The third-order valence-corrected chi connectivity index (χ3v) is 4.22. The Morgan fingerprint density at radius 2 is 2.06 bits per heavy atom. The number of ether oxygens (including phenoxy) is 1. The van der Waals surface area contributed by atoms with E-state index in [2.05, 4.69) is 0 Å². The van der Waals surface area contributed by atoms with E-state index in [4.69, 9.17) is 4.74 Å². The minimum Gasteiger partial charge on any atom is -0.481 e. The van der Waals surface area contributed by atoms with Crippen molar-refractivity contribution in [2.45, 2.75) is 58.0 Å². The van der Waals surface area contributed by atoms with E-state index in [1.165, 1.54) is 6.92 Å². The van der Waals surface area contributed by atoms with Crippen LogP contribution in [0.5, 0.6) is 0 Å². The zero-order valence-corrected chi connectivity index (χ0v) is 10.5. The Kier molecular flexibility index (Phi) is 2.92. The molecule has 0 aromatic heterocycles. The van der Waals surface area contributed by atoms with Crippen LogP contribution < -0.4 is 0 Å². The molecule has 3 atom stereocenters. The molecule has 96 valence electrons. The van der Waals surface area contributed by atoms with Crippen molar-refractivity contribution in [2.75, 3.05) is 0 Å². The van der Waals surface area contributed by atoms with Crippen LogP contribution in [0, 0.1) is 11.3 Å². The van der Waals surface area contributed by atoms with Crippen molar-refractivity contribution >= 4 is 11.9 Å². The maximum Gasteiger partial charge on any atom is 0.309 e. The van der Waals surface area contributed by atoms with Gasteiger partial charge >= 0.3 is 11.9 Å². The van der Waals surface area contributed by atoms with Gasteiger partial charge in [-0.1, -0.05) is 12.8 Å². The average Bonchev–Trinajstić information content (AvgIpc) is 2.13. The number of rotatable bonds is 2. The van der Waals surface area contributed by atoms with Gasteiger partial charge in [-0.05, 0) is 32.1 Å². The van der Waals surface area contributed by atoms with Gasteiger partial charge in [0.25, 0.3) is 0 Å². The van der Waals surface area contributed by atoms with Crippen molar-refractivity contribution in [3.05, 3.63) is 0 Å². The number of hydrogen-bond donors (Lipinski definition) is 1. The van der Waals surface area contributed by atoms with Gasteiger partial charge in [-0.2, -0.15) is 0 Å². The Bertz CT molecular complexity index is 351. The summed E-state index contributed by atoms with van der Waals surface area (Å²) in [5.41, 5.74) is -1.25. The Morgan fingerprint density at radius 1 is 1.35 bits per heavy atom. The summed E-state index contributed by atoms with van der Waals surface area (Å²) in [7, 11) is 0. The average molecular weight is 240 g/mol. The van der Waals surface area contributed by atoms with Gasteiger partial charge in [0.15, 0.2) is 0 Å². The number of carbonyl (C=O) groups is 2. The Labute approximate surface area is 101 Å². The topological polar surface area (TPSA) is 63.6 Å². The molecule has 2 rings (SSSR count). The van der Waals surface area contributed by atoms with Crippen molar-refractivity contribution in [1.82, 2.24) is 0 Å². The molecule has 1 N–H and O–H groups in total. The van der Waals surface area contributed by atoms with Crippen LogP contribution >= 0.6 is 0 Å². The largest absolute Gasteiger partial charge is 0.481 e. The minimum atomic E-state index is -0.722. The molecule has 0 aromatic carbocycles. The Balaban J connectivity index is 2.24. The van der Waals surface area contributed by atoms with Gasteiger partial charge < -0.3 is 9.84 Å². The zero-order chi connectivity index (χ0) is 12.7. The number of carboxylic acid groups (broad SMARTS) is 1. The summed E-state index contributed by atoms with van der Waals surface area (Å²) in [4.78, 5) is 22.7. The fourth-order valence-corrected chi connectivity index (χ4v) is 3.91. The van der Waals surface area contributed by atoms with Gasteiger partial charge in [0, 0.05) is 13.3 Å². The quantitative estimate of drug-likeness (QED) is 0.752. The predicted octanol–water partition coefficient (Wildman–Crippen LogP) is 2.36. The lowest BCUT2D eigenvalue weighted by molar-refractivity contribution is -0.180. The fourth-order valence-electron chi connectivity index (χ4n) is 3.91. The maximum atomic E-state index is 11.5. The number of fused-ring (bicyclic) bond motifs is 2. The second-order valence-electron chi connectivity index (χ2n) is 5.97. The van der Waals surface area contributed by atoms with Gasteiger partial charge in [0.2, 0.25) is 0 Å². The zero-order valence-electron chi connectivity index (χ0n) is 10.5. The molecule has 4 heteroatoms. The summed E-state index contributed by atoms with van der Waals surface area (Å²) in [5, 5.41) is 9.47. The summed E-state index contributed by atoms with van der Waals surface area (Å²) in [6.07, 6.45) is 4.78. The third-order valence-electron chi connectivity index (χ3n) is 4.22. The Morgan fingerprint density at radius 3 is 2.65 bits per heavy atom. The van der Waals surface area contributed by atoms with Crippen LogP contribution in [0.15, 0.2) is 0 Å². The highest BCUT2D eigenvalue weighted by atomic mass is 16.6. The molecular weight excluding hydrogens is 220 g/mol. The van der Waals surface area contributed by atoms with Crippen molar-refractivity contribution in [2.24, 2.45) is 11.3 Å². The lowest BCUT2D eigenvalue weighted by Crippen LogP contribution is -2.51. The molecule has 0 heterocycles. The van der Waals surface area contributed by atoms with Crippen LogP contribution in [-0.4, -0.2) is 22.6 Å². The first-order valence-electron chi connectivity index (χ1n) is 6.28. The van der Waals surface area contributed by atoms with Crippen LogP contribution in [-0.2, 0) is 14.3 Å². The lowest BCUT2D eigenvalue weighted by Gasteiger charge is -2.49. The van der Waals surface area contributed by atoms with E-state index in [0.717, 1.165) is 32.1 Å². The number of aliphatic carboxylic acids is 1. The molecule has 0 radical (unpaired) electrons. The van der Waals surface area contributed by atoms with Gasteiger partial charge in [-0.25, -0.2) is 0 Å². The van der Waals surface area contributed by atoms with Crippen LogP contribution in [0.25, 0.3) is 0 Å². The first-order valence-corrected chi connectivity index (χ1v) is 6.28. The van der Waals surface area contributed by atoms with E-state index >= 15 is 0 Å². The first kappa shape index (κ1) is 12.4. The van der Waals surface area contributed by atoms with Crippen molar-refractivity contribution in [3.8, 4) is 0 Å². The smallest absolute Gasteiger partial charge is 0.309 e. The molecule has 0 spiro atoms. The molecule has 0 aromatic rings. The standard InChI is InChI=1S/C13H20O4/c1-9(14)17-12(2)6-10-4-3-5-13(7-10,8-12)11(15)16/h10H,3-8H2,1-2H3,(H,15,16). The van der Waals surface area contributed by atoms with Crippen molar-refractivity contribution in [1.29, 1.82) is 0 Å². The van der Waals surface area contributed by atoms with Crippen LogP contribution in [0.3, 0.4) is 0 Å². The molecule has 2 fully saturated rings. The molecule has 0 aliphatic heterocycles. The van der Waals surface area contributed by atoms with Crippen LogP contribution in [0.2, 0.25) is 0 Å². The number of carbonyl (C=O) groups excluding carboxylic acids is 1. The van der Waals surface area contributed by atoms with Crippen molar-refractivity contribution < 1.29 is 19.4 Å². The number of hydrogen-bond acceptors (Lipinski definition) is 3. The molecule has 2 aliphatic carbocycles. The maximum absolute atomic E-state index is 11.5. The SMILES string of the molecule is CC(=O)OC1(C)CC2CCCC(C(=O)O)(C2)C1. The fraction of sp³-hybridized carbons (Fsp3) is 0.846. The van der Waals surface area contributed by atoms with E-state index in [-0.39, 0.29) is 5.97 Å². The van der Waals surface area contributed by atoms with Crippen molar-refractivity contribution in [3.63, 3.8) is 0 Å². The van der Waals surface area contributed by atoms with Gasteiger partial charge in [-0.3, -0.25) is 9.59 Å². The molecule has 4 nitrogen and oxygen atoms in total. The highest BCUT2D eigenvalue weighted by Gasteiger charge is 2.53. The van der Waals surface area contributed by atoms with Gasteiger partial charge in [0.05, 0.1) is 5.41 Å². The molecule has 17 heavy (non-hydrogen) atoms. The van der Waals surface area contributed by atoms with E-state index in [1.54, 1.807) is 0 Å². The molecular formula is C13H20O4. The van der Waals surface area contributed by atoms with E-state index < -0.39 is 17.0 Å². The third kappa shape index (κ3) is 2.31. The van der Waals surface area contributed by atoms with Crippen LogP contribution in [0.1, 0.15) is 52.4 Å². The normalized spacial score (nSPS) is 40.7. The van der Waals surface area contributed by atoms with Crippen LogP contribution in [0.4, 0.5) is 0 Å². The molecule has 2 bridgehead atoms. The second-order valence-corrected chi connectivity index (χ2v) is 5.97. The first-order chi connectivity index (χ1) is 7.85. The summed E-state index contributed by atoms with van der Waals surface area (Å²) in [6, 6.07) is 0. The lowest BCUT2D eigenvalue weighted by atomic mass is 9.58. The molecule has 2 saturated carbocycles. The number of carboxylic acids is 1. The molecule has 0 amide bonds. The highest BCUT2D eigenvalue weighted by molar-refractivity contribution is 5.75. The summed E-state index contributed by atoms with van der Waals surface area (Å²) in [5.74, 6) is -0.647. The van der Waals surface area contributed by atoms with E-state index in [0.29, 0.717) is 12.3 Å². The molecule has 3 unspecified atom stereocenters. The van der Waals surface area contributed by atoms with Gasteiger partial charge in [0.1, 0.15) is 5.60 Å². The summed E-state index contributed by atoms with van der Waals surface area (Å²) < 4.78 is 5.39. The summed E-state index contributed by atoms with van der Waals surface area (Å²) in [6.45, 7) is 3.27. The number of esters is 1. The second kappa shape index (κ2) is 4.00. The van der Waals surface area contributed by atoms with Gasteiger partial charge in [-0.15, -0.1) is 0 Å². The summed E-state index contributed by atoms with van der Waals surface area (Å²) >= 11 is 0. The van der Waals surface area contributed by atoms with E-state index in [9.17, 15) is 14.7 Å². The van der Waals surface area contributed by atoms with E-state index in [1.807, 2.05) is 6.92 Å². The predicted molar refractivity (Wildman–Crippen MR) is 61.4 cm³/mol. The molecule has 0 saturated heterocycles. The minimum absolute atomic E-state index is 0.312. The Hall–Kier alpha value is -1.06. The molecule has 2 aliphatic rings.